The van der Waals surface area contributed by atoms with E-state index in [1.807, 2.05) is 20.8 Å². The third kappa shape index (κ3) is 7.26. The first kappa shape index (κ1) is 17.7. The zero-order valence-corrected chi connectivity index (χ0v) is 14.5. The first-order chi connectivity index (χ1) is 9.81. The molecule has 6 nitrogen and oxygen atoms in total. The third-order valence-electron chi connectivity index (χ3n) is 2.32. The molecule has 0 aromatic carbocycles. The molecule has 1 unspecified atom stereocenters. The van der Waals surface area contributed by atoms with Crippen LogP contribution >= 0.6 is 22.6 Å². The lowest BCUT2D eigenvalue weighted by atomic mass is 10.1. The third-order valence-corrected chi connectivity index (χ3v) is 2.94. The second-order valence-electron chi connectivity index (χ2n) is 5.48. The number of rotatable bonds is 5. The van der Waals surface area contributed by atoms with Crippen LogP contribution in [0, 0.1) is 0 Å². The molecule has 0 radical (unpaired) electrons. The van der Waals surface area contributed by atoms with Gasteiger partial charge in [0.05, 0.1) is 11.9 Å². The average molecular weight is 405 g/mol. The first-order valence-electron chi connectivity index (χ1n) is 6.57. The summed E-state index contributed by atoms with van der Waals surface area (Å²) in [5.41, 5.74) is 0.159. The Kier molecular flexibility index (Phi) is 6.86. The van der Waals surface area contributed by atoms with Gasteiger partial charge in [0.1, 0.15) is 0 Å². The normalized spacial score (nSPS) is 12.4. The van der Waals surface area contributed by atoms with Gasteiger partial charge in [0, 0.05) is 22.6 Å². The van der Waals surface area contributed by atoms with E-state index in [-0.39, 0.29) is 5.91 Å². The Hall–Kier alpha value is -1.38. The molecule has 1 aromatic rings. The van der Waals surface area contributed by atoms with E-state index < -0.39 is 17.7 Å². The number of anilines is 1. The quantitative estimate of drug-likeness (QED) is 0.583. The van der Waals surface area contributed by atoms with Gasteiger partial charge < -0.3 is 15.4 Å². The number of nitrogens with one attached hydrogen (secondary N) is 2. The van der Waals surface area contributed by atoms with Crippen LogP contribution in [0.15, 0.2) is 24.5 Å². The van der Waals surface area contributed by atoms with Crippen molar-refractivity contribution in [3.63, 3.8) is 0 Å². The van der Waals surface area contributed by atoms with Crippen molar-refractivity contribution in [2.24, 2.45) is 0 Å². The van der Waals surface area contributed by atoms with Crippen LogP contribution in [0.4, 0.5) is 10.5 Å². The van der Waals surface area contributed by atoms with E-state index in [0.717, 1.165) is 0 Å². The van der Waals surface area contributed by atoms with Crippen LogP contribution in [0.25, 0.3) is 0 Å². The lowest BCUT2D eigenvalue weighted by molar-refractivity contribution is -0.124. The van der Waals surface area contributed by atoms with Gasteiger partial charge in [0.15, 0.2) is 6.10 Å². The number of ether oxygens (including phenoxy) is 1. The van der Waals surface area contributed by atoms with E-state index in [1.54, 1.807) is 18.3 Å². The Bertz CT molecular complexity index is 474. The Morgan fingerprint density at radius 1 is 1.43 bits per heavy atom. The van der Waals surface area contributed by atoms with Crippen molar-refractivity contribution in [2.45, 2.75) is 38.8 Å². The smallest absolute Gasteiger partial charge is 0.408 e. The first-order valence-corrected chi connectivity index (χ1v) is 8.10. The minimum absolute atomic E-state index is 0.358. The molecule has 2 amide bonds. The van der Waals surface area contributed by atoms with Crippen molar-refractivity contribution in [3.8, 4) is 0 Å². The van der Waals surface area contributed by atoms with Gasteiger partial charge >= 0.3 is 6.09 Å². The van der Waals surface area contributed by atoms with Crippen LogP contribution in [-0.2, 0) is 9.53 Å². The van der Waals surface area contributed by atoms with E-state index in [4.69, 9.17) is 4.74 Å². The Labute approximate surface area is 138 Å². The minimum atomic E-state index is -0.829. The monoisotopic (exact) mass is 405 g/mol. The largest absolute Gasteiger partial charge is 0.436 e. The molecule has 1 rings (SSSR count). The molecule has 0 spiro atoms. The van der Waals surface area contributed by atoms with Crippen molar-refractivity contribution in [1.82, 2.24) is 10.3 Å². The van der Waals surface area contributed by atoms with Crippen molar-refractivity contribution in [1.29, 1.82) is 0 Å². The molecule has 21 heavy (non-hydrogen) atoms. The standard InChI is InChI=1S/C14H20IN3O3/c1-14(2,3)18-13(20)21-11(6-7-15)12(19)17-10-5-4-8-16-9-10/h4-5,8-9,11H,6-7H2,1-3H3,(H,17,19)(H,18,20). The number of hydrogen-bond donors (Lipinski definition) is 2. The number of alkyl halides is 1. The fourth-order valence-corrected chi connectivity index (χ4v) is 2.03. The highest BCUT2D eigenvalue weighted by Gasteiger charge is 2.24. The molecule has 0 aliphatic carbocycles. The summed E-state index contributed by atoms with van der Waals surface area (Å²) in [4.78, 5) is 27.8. The van der Waals surface area contributed by atoms with Gasteiger partial charge in [-0.15, -0.1) is 0 Å². The number of amides is 2. The molecule has 1 atom stereocenters. The molecular weight excluding hydrogens is 385 g/mol. The zero-order valence-electron chi connectivity index (χ0n) is 12.4. The SMILES string of the molecule is CC(C)(C)NC(=O)OC(CCI)C(=O)Nc1cccnc1. The lowest BCUT2D eigenvalue weighted by Crippen LogP contribution is -2.44. The second-order valence-corrected chi connectivity index (χ2v) is 6.56. The van der Waals surface area contributed by atoms with Crippen LogP contribution in [0.1, 0.15) is 27.2 Å². The van der Waals surface area contributed by atoms with Crippen LogP contribution < -0.4 is 10.6 Å². The van der Waals surface area contributed by atoms with Gasteiger partial charge in [-0.1, -0.05) is 22.6 Å². The molecule has 0 bridgehead atoms. The van der Waals surface area contributed by atoms with E-state index in [0.29, 0.717) is 16.5 Å². The molecule has 7 heteroatoms. The maximum absolute atomic E-state index is 12.2. The van der Waals surface area contributed by atoms with Gasteiger partial charge in [-0.05, 0) is 32.9 Å². The summed E-state index contributed by atoms with van der Waals surface area (Å²) >= 11 is 2.14. The van der Waals surface area contributed by atoms with Gasteiger partial charge in [-0.25, -0.2) is 4.79 Å². The van der Waals surface area contributed by atoms with Crippen molar-refractivity contribution < 1.29 is 14.3 Å². The fraction of sp³-hybridized carbons (Fsp3) is 0.500. The predicted molar refractivity (Wildman–Crippen MR) is 89.5 cm³/mol. The number of hydrogen-bond acceptors (Lipinski definition) is 4. The molecule has 116 valence electrons. The van der Waals surface area contributed by atoms with Crippen molar-refractivity contribution in [3.05, 3.63) is 24.5 Å². The topological polar surface area (TPSA) is 80.3 Å². The van der Waals surface area contributed by atoms with E-state index >= 15 is 0 Å². The van der Waals surface area contributed by atoms with E-state index in [1.165, 1.54) is 6.20 Å². The van der Waals surface area contributed by atoms with Crippen LogP contribution in [-0.4, -0.2) is 33.1 Å². The molecule has 1 heterocycles. The van der Waals surface area contributed by atoms with Crippen LogP contribution in [0.5, 0.6) is 0 Å². The summed E-state index contributed by atoms with van der Waals surface area (Å²) < 4.78 is 5.91. The van der Waals surface area contributed by atoms with Crippen LogP contribution in [0.2, 0.25) is 0 Å². The van der Waals surface area contributed by atoms with Gasteiger partial charge in [-0.3, -0.25) is 9.78 Å². The molecule has 0 aliphatic rings. The summed E-state index contributed by atoms with van der Waals surface area (Å²) in [6, 6.07) is 3.44. The summed E-state index contributed by atoms with van der Waals surface area (Å²) in [6.45, 7) is 5.53. The molecular formula is C14H20IN3O3. The van der Waals surface area contributed by atoms with Crippen LogP contribution in [0.3, 0.4) is 0 Å². The van der Waals surface area contributed by atoms with Crippen molar-refractivity contribution >= 4 is 40.3 Å². The van der Waals surface area contributed by atoms with E-state index in [2.05, 4.69) is 38.2 Å². The Morgan fingerprint density at radius 3 is 2.67 bits per heavy atom. The summed E-state index contributed by atoms with van der Waals surface area (Å²) in [6.07, 6.45) is 2.17. The number of nitrogens with zero attached hydrogens (tertiary/aromatic N) is 1. The van der Waals surface area contributed by atoms with Gasteiger partial charge in [0.2, 0.25) is 0 Å². The second kappa shape index (κ2) is 8.16. The number of halogens is 1. The summed E-state index contributed by atoms with van der Waals surface area (Å²) in [5.74, 6) is -0.358. The number of aromatic nitrogens is 1. The van der Waals surface area contributed by atoms with Gasteiger partial charge in [0.25, 0.3) is 5.91 Å². The zero-order chi connectivity index (χ0) is 15.9. The highest BCUT2D eigenvalue weighted by Crippen LogP contribution is 2.10. The summed E-state index contributed by atoms with van der Waals surface area (Å²) in [7, 11) is 0. The Morgan fingerprint density at radius 2 is 2.14 bits per heavy atom. The average Bonchev–Trinajstić information content (AvgIpc) is 2.37. The predicted octanol–water partition coefficient (Wildman–Crippen LogP) is 2.74. The molecule has 0 saturated carbocycles. The highest BCUT2D eigenvalue weighted by atomic mass is 127. The molecule has 2 N–H and O–H groups in total. The molecule has 1 aromatic heterocycles. The Balaban J connectivity index is 2.63. The highest BCUT2D eigenvalue weighted by molar-refractivity contribution is 14.1. The number of alkyl carbamates (subject to hydrolysis) is 1. The molecule has 0 aliphatic heterocycles. The lowest BCUT2D eigenvalue weighted by Gasteiger charge is -2.23. The van der Waals surface area contributed by atoms with E-state index in [9.17, 15) is 9.59 Å². The minimum Gasteiger partial charge on any atom is -0.436 e. The number of pyridine rings is 1. The maximum Gasteiger partial charge on any atom is 0.408 e. The molecule has 0 saturated heterocycles. The van der Waals surface area contributed by atoms with Crippen molar-refractivity contribution in [2.75, 3.05) is 9.74 Å². The van der Waals surface area contributed by atoms with Gasteiger partial charge in [-0.2, -0.15) is 0 Å². The number of carbonyl (C=O) groups is 2. The summed E-state index contributed by atoms with van der Waals surface area (Å²) in [5, 5.41) is 5.36. The maximum atomic E-state index is 12.2. The fourth-order valence-electron chi connectivity index (χ4n) is 1.47. The molecule has 0 fully saturated rings. The number of carbonyl (C=O) groups excluding carboxylic acids is 2.